The predicted molar refractivity (Wildman–Crippen MR) is 155 cm³/mol. The zero-order valence-corrected chi connectivity index (χ0v) is 25.5. The summed E-state index contributed by atoms with van der Waals surface area (Å²) in [5.41, 5.74) is -0.662. The summed E-state index contributed by atoms with van der Waals surface area (Å²) in [6, 6.07) is 9.53. The number of nitrogens with one attached hydrogen (secondary N) is 1. The third kappa shape index (κ3) is 7.53. The number of benzene rings is 3. The Balaban J connectivity index is 1.49. The van der Waals surface area contributed by atoms with E-state index in [1.165, 1.54) is 30.3 Å². The Bertz CT molecular complexity index is 1650. The minimum atomic E-state index is -4.64. The molecular weight excluding hydrogens is 678 g/mol. The van der Waals surface area contributed by atoms with Crippen LogP contribution >= 0.6 is 46.4 Å². The highest BCUT2D eigenvalue weighted by atomic mass is 35.5. The molecule has 0 aliphatic heterocycles. The molecule has 0 spiro atoms. The maximum Gasteiger partial charge on any atom is 0.389 e. The zero-order chi connectivity index (χ0) is 32.7. The van der Waals surface area contributed by atoms with Gasteiger partial charge in [0, 0.05) is 41.5 Å². The van der Waals surface area contributed by atoms with Gasteiger partial charge in [-0.05, 0) is 47.5 Å². The molecule has 234 valence electrons. The van der Waals surface area contributed by atoms with Gasteiger partial charge in [0.25, 0.3) is 0 Å². The van der Waals surface area contributed by atoms with Crippen molar-refractivity contribution in [2.45, 2.75) is 42.6 Å². The Morgan fingerprint density at radius 1 is 0.909 bits per heavy atom. The van der Waals surface area contributed by atoms with E-state index in [4.69, 9.17) is 46.4 Å². The molecule has 1 unspecified atom stereocenters. The molecule has 44 heavy (non-hydrogen) atoms. The van der Waals surface area contributed by atoms with E-state index in [1.54, 1.807) is 0 Å². The lowest BCUT2D eigenvalue weighted by Crippen LogP contribution is -2.22. The monoisotopic (exact) mass is 697 g/mol. The van der Waals surface area contributed by atoms with Crippen molar-refractivity contribution >= 4 is 69.6 Å². The van der Waals surface area contributed by atoms with E-state index in [0.717, 1.165) is 25.1 Å². The van der Waals surface area contributed by atoms with Crippen LogP contribution in [0.5, 0.6) is 0 Å². The van der Waals surface area contributed by atoms with Crippen LogP contribution in [-0.4, -0.2) is 28.0 Å². The Labute approximate surface area is 267 Å². The first-order valence-corrected chi connectivity index (χ1v) is 14.4. The van der Waals surface area contributed by atoms with Crippen molar-refractivity contribution in [3.05, 3.63) is 98.3 Å². The Hall–Kier alpha value is -2.79. The number of hydrogen-bond acceptors (Lipinski definition) is 3. The van der Waals surface area contributed by atoms with Crippen LogP contribution < -0.4 is 5.32 Å². The lowest BCUT2D eigenvalue weighted by molar-refractivity contribution is -0.151. The van der Waals surface area contributed by atoms with Crippen molar-refractivity contribution < 1.29 is 40.7 Å². The number of rotatable bonds is 10. The van der Waals surface area contributed by atoms with Crippen molar-refractivity contribution in [1.29, 1.82) is 0 Å². The largest absolute Gasteiger partial charge is 0.389 e. The minimum absolute atomic E-state index is 0.0545. The Kier molecular flexibility index (Phi) is 10.00. The number of hydrogen-bond donors (Lipinski definition) is 1. The summed E-state index contributed by atoms with van der Waals surface area (Å²) in [6.45, 7) is 1.01. The standard InChI is InChI=1S/C30H21Cl4F6NO3/c1-13(12-29(38,39)40)23(42)11-18-21(35)6-3-15(27(18)37)9-24(43)17-10-16(4-5-19(17)31)41-28(44)26-25(30(26,33)34)14-2-7-22(36)20(32)8-14/h2-8,10,13,25-26H,9,11-12H2,1H3,(H,41,44)/t13?,25-,26+/m0/s1. The fourth-order valence-electron chi connectivity index (χ4n) is 4.83. The van der Waals surface area contributed by atoms with Gasteiger partial charge in [0.2, 0.25) is 5.91 Å². The molecule has 3 aromatic rings. The van der Waals surface area contributed by atoms with Crippen LogP contribution in [0.1, 0.15) is 46.3 Å². The molecular formula is C30H21Cl4F6NO3. The number of alkyl halides is 5. The van der Waals surface area contributed by atoms with Gasteiger partial charge in [-0.2, -0.15) is 13.2 Å². The quantitative estimate of drug-likeness (QED) is 0.131. The first kappa shape index (κ1) is 34.1. The molecule has 0 heterocycles. The number of halogens is 10. The summed E-state index contributed by atoms with van der Waals surface area (Å²) in [5.74, 6) is -8.64. The first-order valence-electron chi connectivity index (χ1n) is 12.9. The molecule has 0 saturated heterocycles. The molecule has 3 atom stereocenters. The number of anilines is 1. The normalized spacial score (nSPS) is 18.1. The van der Waals surface area contributed by atoms with E-state index >= 15 is 4.39 Å². The summed E-state index contributed by atoms with van der Waals surface area (Å²) in [6.07, 6.45) is -7.67. The van der Waals surface area contributed by atoms with Gasteiger partial charge in [-0.25, -0.2) is 13.2 Å². The number of Topliss-reactive ketones (excluding diaryl/α,β-unsaturated/α-hetero) is 2. The van der Waals surface area contributed by atoms with E-state index in [0.29, 0.717) is 5.56 Å². The number of amides is 1. The van der Waals surface area contributed by atoms with Crippen LogP contribution in [0.2, 0.25) is 10.0 Å². The van der Waals surface area contributed by atoms with Crippen molar-refractivity contribution in [1.82, 2.24) is 0 Å². The third-order valence-corrected chi connectivity index (χ3v) is 8.79. The smallest absolute Gasteiger partial charge is 0.326 e. The van der Waals surface area contributed by atoms with Crippen molar-refractivity contribution in [3.8, 4) is 0 Å². The van der Waals surface area contributed by atoms with Gasteiger partial charge in [-0.1, -0.05) is 42.3 Å². The van der Waals surface area contributed by atoms with Crippen LogP contribution in [0.25, 0.3) is 0 Å². The molecule has 1 saturated carbocycles. The van der Waals surface area contributed by atoms with E-state index in [2.05, 4.69) is 5.32 Å². The second kappa shape index (κ2) is 12.9. The second-order valence-electron chi connectivity index (χ2n) is 10.4. The zero-order valence-electron chi connectivity index (χ0n) is 22.5. The Morgan fingerprint density at radius 2 is 1.57 bits per heavy atom. The molecule has 4 rings (SSSR count). The summed E-state index contributed by atoms with van der Waals surface area (Å²) in [7, 11) is 0. The molecule has 1 aliphatic rings. The van der Waals surface area contributed by atoms with Gasteiger partial charge < -0.3 is 5.32 Å². The van der Waals surface area contributed by atoms with Crippen LogP contribution in [0, 0.1) is 29.3 Å². The molecule has 1 aliphatic carbocycles. The van der Waals surface area contributed by atoms with Gasteiger partial charge in [0.05, 0.1) is 22.4 Å². The van der Waals surface area contributed by atoms with Crippen LogP contribution in [0.3, 0.4) is 0 Å². The van der Waals surface area contributed by atoms with Gasteiger partial charge in [0.1, 0.15) is 27.6 Å². The highest BCUT2D eigenvalue weighted by Crippen LogP contribution is 2.65. The molecule has 1 fully saturated rings. The maximum atomic E-state index is 15.2. The second-order valence-corrected chi connectivity index (χ2v) is 12.7. The summed E-state index contributed by atoms with van der Waals surface area (Å²) in [4.78, 5) is 38.4. The fraction of sp³-hybridized carbons (Fsp3) is 0.300. The highest BCUT2D eigenvalue weighted by Gasteiger charge is 2.67. The predicted octanol–water partition coefficient (Wildman–Crippen LogP) is 9.06. The van der Waals surface area contributed by atoms with Crippen molar-refractivity contribution in [2.75, 3.05) is 5.32 Å². The Morgan fingerprint density at radius 3 is 2.20 bits per heavy atom. The van der Waals surface area contributed by atoms with Crippen molar-refractivity contribution in [2.24, 2.45) is 11.8 Å². The average molecular weight is 699 g/mol. The summed E-state index contributed by atoms with van der Waals surface area (Å²) < 4.78 is 79.6. The van der Waals surface area contributed by atoms with Crippen LogP contribution in [0.15, 0.2) is 48.5 Å². The lowest BCUT2D eigenvalue weighted by Gasteiger charge is -2.15. The molecule has 14 heteroatoms. The SMILES string of the molecule is CC(CC(F)(F)F)C(=O)Cc1c(F)ccc(CC(=O)c2cc(NC(=O)[C@H]3[C@H](c4ccc(F)c(Cl)c4)C3(Cl)Cl)ccc2Cl)c1F. The van der Waals surface area contributed by atoms with Crippen LogP contribution in [-0.2, 0) is 22.4 Å². The van der Waals surface area contributed by atoms with E-state index < -0.39 is 88.0 Å². The molecule has 4 nitrogen and oxygen atoms in total. The van der Waals surface area contributed by atoms with Gasteiger partial charge >= 0.3 is 6.18 Å². The van der Waals surface area contributed by atoms with Gasteiger partial charge in [0.15, 0.2) is 5.78 Å². The molecule has 0 bridgehead atoms. The molecule has 3 aromatic carbocycles. The highest BCUT2D eigenvalue weighted by molar-refractivity contribution is 6.53. The van der Waals surface area contributed by atoms with E-state index in [9.17, 15) is 36.3 Å². The van der Waals surface area contributed by atoms with Crippen LogP contribution in [0.4, 0.5) is 32.0 Å². The fourth-order valence-corrected chi connectivity index (χ4v) is 6.07. The number of carbonyl (C=O) groups is 3. The molecule has 0 radical (unpaired) electrons. The number of ketones is 2. The molecule has 0 aromatic heterocycles. The molecule has 1 N–H and O–H groups in total. The average Bonchev–Trinajstić information content (AvgIpc) is 3.51. The maximum absolute atomic E-state index is 15.2. The first-order chi connectivity index (χ1) is 20.4. The van der Waals surface area contributed by atoms with E-state index in [1.807, 2.05) is 0 Å². The summed E-state index contributed by atoms with van der Waals surface area (Å²) >= 11 is 24.7. The lowest BCUT2D eigenvalue weighted by atomic mass is 9.93. The van der Waals surface area contributed by atoms with E-state index in [-0.39, 0.29) is 26.9 Å². The minimum Gasteiger partial charge on any atom is -0.326 e. The molecule has 1 amide bonds. The summed E-state index contributed by atoms with van der Waals surface area (Å²) in [5, 5.41) is 2.35. The number of carbonyl (C=O) groups excluding carboxylic acids is 3. The van der Waals surface area contributed by atoms with Gasteiger partial charge in [-0.3, -0.25) is 14.4 Å². The van der Waals surface area contributed by atoms with Gasteiger partial charge in [-0.15, -0.1) is 23.2 Å². The third-order valence-electron chi connectivity index (χ3n) is 7.23. The van der Waals surface area contributed by atoms with Crippen molar-refractivity contribution in [3.63, 3.8) is 0 Å². The topological polar surface area (TPSA) is 63.2 Å².